The number of carbonyl (C=O) groups excluding carboxylic acids is 1. The van der Waals surface area contributed by atoms with E-state index in [4.69, 9.17) is 0 Å². The fourth-order valence-corrected chi connectivity index (χ4v) is 4.39. The number of rotatable bonds is 6. The van der Waals surface area contributed by atoms with E-state index < -0.39 is 26.4 Å². The van der Waals surface area contributed by atoms with Crippen LogP contribution in [0.4, 0.5) is 13.2 Å². The molecule has 0 bridgehead atoms. The van der Waals surface area contributed by atoms with E-state index in [1.807, 2.05) is 91.0 Å². The van der Waals surface area contributed by atoms with Crippen molar-refractivity contribution >= 4 is 14.8 Å². The predicted octanol–water partition coefficient (Wildman–Crippen LogP) is 5.72. The normalized spacial score (nSPS) is 12.2. The maximum absolute atomic E-state index is 12.6. The molecule has 1 atom stereocenters. The zero-order valence-corrected chi connectivity index (χ0v) is 15.8. The fraction of sp³-hybridized carbons (Fsp3) is 0.136. The average Bonchev–Trinajstić information content (AvgIpc) is 2.72. The monoisotopic (exact) mass is 402 g/mol. The molecule has 1 unspecified atom stereocenters. The Kier molecular flexibility index (Phi) is 6.15. The Balaban J connectivity index is 2.08. The summed E-state index contributed by atoms with van der Waals surface area (Å²) in [5.74, 6) is -2.16. The molecule has 0 spiro atoms. The molecule has 0 N–H and O–H groups in total. The molecule has 2 nitrogen and oxygen atoms in total. The van der Waals surface area contributed by atoms with Crippen molar-refractivity contribution in [2.75, 3.05) is 6.16 Å². The van der Waals surface area contributed by atoms with Crippen LogP contribution in [0.1, 0.15) is 16.7 Å². The first kappa shape index (κ1) is 20.1. The molecule has 0 aliphatic heterocycles. The third-order valence-corrected chi connectivity index (χ3v) is 5.54. The molecular formula is C22H18F3O2P. The predicted molar refractivity (Wildman–Crippen MR) is 105 cm³/mol. The van der Waals surface area contributed by atoms with E-state index in [0.717, 1.165) is 16.7 Å². The van der Waals surface area contributed by atoms with Gasteiger partial charge in [0.25, 0.3) is 0 Å². The Labute approximate surface area is 163 Å². The van der Waals surface area contributed by atoms with Gasteiger partial charge in [0, 0.05) is 6.16 Å². The summed E-state index contributed by atoms with van der Waals surface area (Å²) in [6.45, 7) is 0. The first-order chi connectivity index (χ1) is 13.4. The summed E-state index contributed by atoms with van der Waals surface area (Å²) in [5.41, 5.74) is 2.02. The van der Waals surface area contributed by atoms with Gasteiger partial charge in [-0.1, -0.05) is 91.0 Å². The van der Waals surface area contributed by atoms with Crippen LogP contribution >= 0.6 is 8.81 Å². The van der Waals surface area contributed by atoms with Crippen molar-refractivity contribution in [3.63, 3.8) is 0 Å². The van der Waals surface area contributed by atoms with E-state index in [1.165, 1.54) is 0 Å². The average molecular weight is 402 g/mol. The summed E-state index contributed by atoms with van der Waals surface area (Å²) >= 11 is 0. The Morgan fingerprint density at radius 2 is 1.07 bits per heavy atom. The van der Waals surface area contributed by atoms with Gasteiger partial charge in [0.2, 0.25) is 0 Å². The van der Waals surface area contributed by atoms with Gasteiger partial charge in [-0.2, -0.15) is 13.2 Å². The summed E-state index contributed by atoms with van der Waals surface area (Å²) in [6, 6.07) is 28.6. The van der Waals surface area contributed by atoms with Crippen molar-refractivity contribution in [1.29, 1.82) is 0 Å². The molecule has 144 valence electrons. The quantitative estimate of drug-likeness (QED) is 0.389. The van der Waals surface area contributed by atoms with Crippen molar-refractivity contribution in [3.8, 4) is 0 Å². The van der Waals surface area contributed by atoms with Gasteiger partial charge in [-0.15, -0.1) is 0 Å². The molecule has 0 aliphatic carbocycles. The first-order valence-electron chi connectivity index (χ1n) is 8.62. The van der Waals surface area contributed by atoms with E-state index in [-0.39, 0.29) is 6.16 Å². The Morgan fingerprint density at radius 3 is 1.39 bits per heavy atom. The van der Waals surface area contributed by atoms with Gasteiger partial charge in [-0.3, -0.25) is 0 Å². The van der Waals surface area contributed by atoms with Crippen LogP contribution < -0.4 is 0 Å². The first-order valence-corrected chi connectivity index (χ1v) is 9.73. The zero-order chi connectivity index (χ0) is 20.0. The molecule has 28 heavy (non-hydrogen) atoms. The lowest BCUT2D eigenvalue weighted by atomic mass is 9.71. The van der Waals surface area contributed by atoms with Gasteiger partial charge in [0.05, 0.1) is 14.2 Å². The van der Waals surface area contributed by atoms with E-state index in [1.54, 1.807) is 0 Å². The maximum atomic E-state index is 12.6. The van der Waals surface area contributed by atoms with Gasteiger partial charge in [0.1, 0.15) is 0 Å². The fourth-order valence-electron chi connectivity index (χ4n) is 3.24. The molecule has 0 saturated carbocycles. The van der Waals surface area contributed by atoms with Crippen molar-refractivity contribution in [2.24, 2.45) is 0 Å². The van der Waals surface area contributed by atoms with Crippen LogP contribution in [-0.4, -0.2) is 18.3 Å². The smallest absolute Gasteiger partial charge is 0.442 e. The lowest BCUT2D eigenvalue weighted by Crippen LogP contribution is -2.32. The second-order valence-electron chi connectivity index (χ2n) is 6.21. The van der Waals surface area contributed by atoms with Crippen molar-refractivity contribution in [2.45, 2.75) is 11.6 Å². The molecule has 3 aromatic carbocycles. The lowest BCUT2D eigenvalue weighted by molar-refractivity contribution is -0.188. The number of hydrogen-bond acceptors (Lipinski definition) is 2. The minimum atomic E-state index is -5.00. The molecule has 3 aromatic rings. The zero-order valence-electron chi connectivity index (χ0n) is 14.8. The third-order valence-electron chi connectivity index (χ3n) is 4.53. The van der Waals surface area contributed by atoms with Crippen LogP contribution in [0.15, 0.2) is 91.0 Å². The third kappa shape index (κ3) is 4.26. The number of benzene rings is 3. The molecule has 0 fully saturated rings. The van der Waals surface area contributed by atoms with Crippen molar-refractivity contribution in [3.05, 3.63) is 108 Å². The molecule has 0 amide bonds. The Hall–Kier alpha value is -2.65. The van der Waals surface area contributed by atoms with Crippen LogP contribution in [-0.2, 0) is 14.7 Å². The minimum Gasteiger partial charge on any atom is -0.442 e. The van der Waals surface area contributed by atoms with E-state index in [9.17, 15) is 18.0 Å². The molecule has 0 saturated heterocycles. The van der Waals surface area contributed by atoms with E-state index in [2.05, 4.69) is 4.52 Å². The van der Waals surface area contributed by atoms with Crippen LogP contribution in [0.3, 0.4) is 0 Å². The highest BCUT2D eigenvalue weighted by molar-refractivity contribution is 7.33. The number of carbonyl (C=O) groups is 1. The highest BCUT2D eigenvalue weighted by atomic mass is 31.1. The number of hydrogen-bond donors (Lipinski definition) is 0. The summed E-state index contributed by atoms with van der Waals surface area (Å²) in [5, 5.41) is 0. The summed E-state index contributed by atoms with van der Waals surface area (Å²) in [4.78, 5) is 11.2. The topological polar surface area (TPSA) is 26.3 Å². The van der Waals surface area contributed by atoms with Crippen LogP contribution in [0.25, 0.3) is 0 Å². The summed E-state index contributed by atoms with van der Waals surface area (Å²) in [7, 11) is -0.655. The van der Waals surface area contributed by atoms with Gasteiger partial charge in [-0.25, -0.2) is 4.79 Å². The largest absolute Gasteiger partial charge is 0.491 e. The number of halogens is 3. The van der Waals surface area contributed by atoms with Crippen LogP contribution in [0.2, 0.25) is 0 Å². The standard InChI is InChI=1S/C22H18F3O2P/c23-22(24,25)20(26)27-28-16-21(17-10-4-1-5-11-17,18-12-6-2-7-13-18)19-14-8-3-9-15-19/h1-15,28H,16H2. The van der Waals surface area contributed by atoms with Gasteiger partial charge in [0.15, 0.2) is 0 Å². The molecular weight excluding hydrogens is 384 g/mol. The SMILES string of the molecule is O=C(OPCC(c1ccccc1)(c1ccccc1)c1ccccc1)C(F)(F)F. The van der Waals surface area contributed by atoms with Crippen LogP contribution in [0.5, 0.6) is 0 Å². The molecule has 0 heterocycles. The second kappa shape index (κ2) is 8.57. The summed E-state index contributed by atoms with van der Waals surface area (Å²) < 4.78 is 42.3. The van der Waals surface area contributed by atoms with E-state index in [0.29, 0.717) is 0 Å². The Bertz CT molecular complexity index is 801. The Morgan fingerprint density at radius 1 is 0.714 bits per heavy atom. The minimum absolute atomic E-state index is 0.201. The van der Waals surface area contributed by atoms with Gasteiger partial charge >= 0.3 is 12.1 Å². The molecule has 3 rings (SSSR count). The highest BCUT2D eigenvalue weighted by Gasteiger charge is 2.42. The molecule has 0 radical (unpaired) electrons. The van der Waals surface area contributed by atoms with Crippen LogP contribution in [0, 0.1) is 0 Å². The van der Waals surface area contributed by atoms with Crippen molar-refractivity contribution in [1.82, 2.24) is 0 Å². The second-order valence-corrected chi connectivity index (χ2v) is 7.06. The number of alkyl halides is 3. The molecule has 0 aliphatic rings. The van der Waals surface area contributed by atoms with E-state index >= 15 is 0 Å². The van der Waals surface area contributed by atoms with Crippen molar-refractivity contribution < 1.29 is 22.5 Å². The van der Waals surface area contributed by atoms with Gasteiger partial charge in [-0.05, 0) is 16.7 Å². The maximum Gasteiger partial charge on any atom is 0.491 e. The summed E-state index contributed by atoms with van der Waals surface area (Å²) in [6.07, 6.45) is -4.80. The molecule has 6 heteroatoms. The van der Waals surface area contributed by atoms with Gasteiger partial charge < -0.3 is 4.52 Å². The highest BCUT2D eigenvalue weighted by Crippen LogP contribution is 2.43. The molecule has 0 aromatic heterocycles. The lowest BCUT2D eigenvalue weighted by Gasteiger charge is -2.35.